The third kappa shape index (κ3) is 3.40. The normalized spacial score (nSPS) is 51.3. The van der Waals surface area contributed by atoms with E-state index in [9.17, 15) is 20.1 Å². The van der Waals surface area contributed by atoms with Gasteiger partial charge < -0.3 is 20.1 Å². The summed E-state index contributed by atoms with van der Waals surface area (Å²) in [7, 11) is 0. The summed E-state index contributed by atoms with van der Waals surface area (Å²) >= 11 is 0. The number of carbonyl (C=O) groups excluding carboxylic acids is 1. The highest BCUT2D eigenvalue weighted by molar-refractivity contribution is 5.72. The van der Waals surface area contributed by atoms with Gasteiger partial charge in [-0.3, -0.25) is 4.79 Å². The van der Waals surface area contributed by atoms with E-state index >= 15 is 0 Å². The molecule has 5 fully saturated rings. The zero-order chi connectivity index (χ0) is 24.6. The van der Waals surface area contributed by atoms with E-state index in [0.29, 0.717) is 31.6 Å². The Balaban J connectivity index is 1.30. The smallest absolute Gasteiger partial charge is 0.306 e. The minimum Gasteiger partial charge on any atom is -0.462 e. The molecular weight excluding hydrogens is 440 g/mol. The topological polar surface area (TPSA) is 87.0 Å². The predicted octanol–water partition coefficient (Wildman–Crippen LogP) is 4.27. The lowest BCUT2D eigenvalue weighted by molar-refractivity contribution is -0.251. The van der Waals surface area contributed by atoms with Crippen molar-refractivity contribution in [2.45, 2.75) is 102 Å². The second-order valence-corrected chi connectivity index (χ2v) is 13.1. The molecule has 4 saturated carbocycles. The Morgan fingerprint density at radius 1 is 0.943 bits per heavy atom. The van der Waals surface area contributed by atoms with Crippen LogP contribution in [0.1, 0.15) is 77.2 Å². The molecule has 11 atom stereocenters. The van der Waals surface area contributed by atoms with Crippen LogP contribution in [-0.4, -0.2) is 45.2 Å². The third-order valence-corrected chi connectivity index (χ3v) is 11.9. The van der Waals surface area contributed by atoms with Crippen molar-refractivity contribution < 1.29 is 24.9 Å². The molecule has 5 heteroatoms. The summed E-state index contributed by atoms with van der Waals surface area (Å²) < 4.78 is 5.86. The van der Waals surface area contributed by atoms with E-state index in [0.717, 1.165) is 44.1 Å². The van der Waals surface area contributed by atoms with Crippen molar-refractivity contribution in [2.24, 2.45) is 40.4 Å². The standard InChI is InChI=1S/C30H42O5/c1-28-12-10-20(31)15-19(28)8-9-23-24(28)17-26(32)29(2)22(11-13-30(23,29)34)21-16-27(33)35-25(21)14-18-6-4-3-5-7-18/h3-7,19-26,31-32,34H,8-17H2,1-2H3/t19-,20+,21?,22-,23-,24+,25?,26-,28+,29+,30+/m1/s1. The van der Waals surface area contributed by atoms with Crippen molar-refractivity contribution in [3.63, 3.8) is 0 Å². The average Bonchev–Trinajstić information content (AvgIpc) is 3.32. The van der Waals surface area contributed by atoms with Crippen molar-refractivity contribution in [1.82, 2.24) is 0 Å². The highest BCUT2D eigenvalue weighted by Gasteiger charge is 2.71. The maximum Gasteiger partial charge on any atom is 0.306 e. The molecule has 1 saturated heterocycles. The van der Waals surface area contributed by atoms with Crippen molar-refractivity contribution in [3.8, 4) is 0 Å². The number of benzene rings is 1. The van der Waals surface area contributed by atoms with E-state index in [1.54, 1.807) is 0 Å². The molecule has 0 spiro atoms. The number of hydrogen-bond acceptors (Lipinski definition) is 5. The number of aliphatic hydroxyl groups excluding tert-OH is 2. The molecule has 0 radical (unpaired) electrons. The van der Waals surface area contributed by atoms with Gasteiger partial charge in [-0.05, 0) is 86.0 Å². The van der Waals surface area contributed by atoms with Crippen molar-refractivity contribution >= 4 is 5.97 Å². The van der Waals surface area contributed by atoms with Crippen LogP contribution in [-0.2, 0) is 16.0 Å². The number of cyclic esters (lactones) is 1. The SMILES string of the molecule is C[C@]12CC[C@H](O)C[C@H]1CC[C@@H]1[C@@H]2C[C@@H](O)[C@]2(C)[C@@H](C3CC(=O)OC3Cc3ccccc3)CC[C@]12O. The number of hydrogen-bond donors (Lipinski definition) is 3. The predicted molar refractivity (Wildman–Crippen MR) is 132 cm³/mol. The molecule has 192 valence electrons. The number of rotatable bonds is 3. The van der Waals surface area contributed by atoms with Crippen LogP contribution in [0, 0.1) is 40.4 Å². The summed E-state index contributed by atoms with van der Waals surface area (Å²) in [5, 5.41) is 34.7. The third-order valence-electron chi connectivity index (χ3n) is 11.9. The summed E-state index contributed by atoms with van der Waals surface area (Å²) in [6.45, 7) is 4.48. The first-order valence-corrected chi connectivity index (χ1v) is 14.0. The Hall–Kier alpha value is -1.43. The zero-order valence-electron chi connectivity index (χ0n) is 21.2. The van der Waals surface area contributed by atoms with Crippen LogP contribution in [0.25, 0.3) is 0 Å². The molecule has 1 aromatic carbocycles. The van der Waals surface area contributed by atoms with Gasteiger partial charge in [0.1, 0.15) is 6.10 Å². The number of fused-ring (bicyclic) bond motifs is 5. The molecule has 0 bridgehead atoms. The average molecular weight is 483 g/mol. The molecule has 35 heavy (non-hydrogen) atoms. The minimum atomic E-state index is -0.924. The van der Waals surface area contributed by atoms with Crippen LogP contribution in [0.4, 0.5) is 0 Å². The molecule has 2 unspecified atom stereocenters. The van der Waals surface area contributed by atoms with Gasteiger partial charge in [-0.15, -0.1) is 0 Å². The van der Waals surface area contributed by atoms with Crippen LogP contribution in [0.3, 0.4) is 0 Å². The van der Waals surface area contributed by atoms with E-state index in [4.69, 9.17) is 4.74 Å². The summed E-state index contributed by atoms with van der Waals surface area (Å²) in [4.78, 5) is 12.5. The second kappa shape index (κ2) is 8.29. The first kappa shape index (κ1) is 23.9. The first-order valence-electron chi connectivity index (χ1n) is 14.0. The summed E-state index contributed by atoms with van der Waals surface area (Å²) in [6, 6.07) is 10.2. The Bertz CT molecular complexity index is 965. The van der Waals surface area contributed by atoms with E-state index in [1.807, 2.05) is 18.2 Å². The van der Waals surface area contributed by atoms with E-state index in [-0.39, 0.29) is 47.3 Å². The maximum atomic E-state index is 12.5. The fourth-order valence-electron chi connectivity index (χ4n) is 9.98. The van der Waals surface area contributed by atoms with Gasteiger partial charge in [0.15, 0.2) is 0 Å². The molecule has 6 rings (SSSR count). The highest BCUT2D eigenvalue weighted by Crippen LogP contribution is 2.70. The Morgan fingerprint density at radius 2 is 1.71 bits per heavy atom. The van der Waals surface area contributed by atoms with Crippen LogP contribution < -0.4 is 0 Å². The van der Waals surface area contributed by atoms with Crippen molar-refractivity contribution in [3.05, 3.63) is 35.9 Å². The minimum absolute atomic E-state index is 0.0182. The molecule has 3 N–H and O–H groups in total. The maximum absolute atomic E-state index is 12.5. The number of carbonyl (C=O) groups is 1. The second-order valence-electron chi connectivity index (χ2n) is 13.1. The molecule has 1 aromatic rings. The summed E-state index contributed by atoms with van der Waals surface area (Å²) in [5.74, 6) is 0.852. The Labute approximate surface area is 209 Å². The number of ether oxygens (including phenoxy) is 1. The van der Waals surface area contributed by atoms with Gasteiger partial charge in [-0.25, -0.2) is 0 Å². The van der Waals surface area contributed by atoms with Crippen molar-refractivity contribution in [2.75, 3.05) is 0 Å². The molecule has 5 aliphatic rings. The van der Waals surface area contributed by atoms with Gasteiger partial charge >= 0.3 is 5.97 Å². The Morgan fingerprint density at radius 3 is 2.49 bits per heavy atom. The van der Waals surface area contributed by atoms with Gasteiger partial charge in [0.2, 0.25) is 0 Å². The molecule has 1 heterocycles. The largest absolute Gasteiger partial charge is 0.462 e. The van der Waals surface area contributed by atoms with Crippen LogP contribution in [0.15, 0.2) is 30.3 Å². The summed E-state index contributed by atoms with van der Waals surface area (Å²) in [6.07, 6.45) is 6.99. The fourth-order valence-corrected chi connectivity index (χ4v) is 9.98. The quantitative estimate of drug-likeness (QED) is 0.560. The van der Waals surface area contributed by atoms with Crippen molar-refractivity contribution in [1.29, 1.82) is 0 Å². The van der Waals surface area contributed by atoms with Crippen LogP contribution in [0.2, 0.25) is 0 Å². The molecule has 1 aliphatic heterocycles. The first-order chi connectivity index (χ1) is 16.7. The van der Waals surface area contributed by atoms with E-state index in [1.165, 1.54) is 0 Å². The van der Waals surface area contributed by atoms with Gasteiger partial charge in [0.25, 0.3) is 0 Å². The molecule has 4 aliphatic carbocycles. The van der Waals surface area contributed by atoms with Gasteiger partial charge in [0.05, 0.1) is 24.2 Å². The monoisotopic (exact) mass is 482 g/mol. The number of esters is 1. The fraction of sp³-hybridized carbons (Fsp3) is 0.767. The summed E-state index contributed by atoms with van der Waals surface area (Å²) in [5.41, 5.74) is -0.335. The lowest BCUT2D eigenvalue weighted by Gasteiger charge is -2.65. The zero-order valence-corrected chi connectivity index (χ0v) is 21.2. The van der Waals surface area contributed by atoms with Gasteiger partial charge in [-0.2, -0.15) is 0 Å². The Kier molecular flexibility index (Phi) is 5.67. The van der Waals surface area contributed by atoms with E-state index in [2.05, 4.69) is 26.0 Å². The molecular formula is C30H42O5. The van der Waals surface area contributed by atoms with Gasteiger partial charge in [-0.1, -0.05) is 44.2 Å². The highest BCUT2D eigenvalue weighted by atomic mass is 16.5. The lowest BCUT2D eigenvalue weighted by Crippen LogP contribution is -2.67. The van der Waals surface area contributed by atoms with Gasteiger partial charge in [0, 0.05) is 17.8 Å². The van der Waals surface area contributed by atoms with E-state index < -0.39 is 17.1 Å². The lowest BCUT2D eigenvalue weighted by atomic mass is 9.42. The molecule has 0 amide bonds. The number of aliphatic hydroxyl groups is 3. The molecule has 5 nitrogen and oxygen atoms in total. The van der Waals surface area contributed by atoms with Crippen LogP contribution >= 0.6 is 0 Å². The molecule has 0 aromatic heterocycles. The van der Waals surface area contributed by atoms with Crippen LogP contribution in [0.5, 0.6) is 0 Å².